The second-order valence-corrected chi connectivity index (χ2v) is 2.41. The Bertz CT molecular complexity index is 287. The van der Waals surface area contributed by atoms with E-state index < -0.39 is 0 Å². The van der Waals surface area contributed by atoms with E-state index in [1.54, 1.807) is 25.3 Å². The van der Waals surface area contributed by atoms with Crippen molar-refractivity contribution in [2.45, 2.75) is 0 Å². The monoisotopic (exact) mass is 161 g/mol. The lowest BCUT2D eigenvalue weighted by molar-refractivity contribution is 0.0963. The van der Waals surface area contributed by atoms with Crippen LogP contribution in [0.5, 0.6) is 0 Å². The Kier molecular flexibility index (Phi) is 2.64. The first-order valence-electron chi connectivity index (χ1n) is 3.72. The average molecular weight is 161 g/mol. The van der Waals surface area contributed by atoms with E-state index in [9.17, 15) is 4.79 Å². The minimum atomic E-state index is -0.0642. The lowest BCUT2D eigenvalue weighted by atomic mass is 10.1. The van der Waals surface area contributed by atoms with Gasteiger partial charge in [-0.25, -0.2) is 0 Å². The van der Waals surface area contributed by atoms with Crippen molar-refractivity contribution in [1.82, 2.24) is 5.32 Å². The summed E-state index contributed by atoms with van der Waals surface area (Å²) in [5, 5.41) is 2.55. The molecule has 62 valence electrons. The van der Waals surface area contributed by atoms with Crippen molar-refractivity contribution in [3.05, 3.63) is 42.0 Å². The maximum atomic E-state index is 11.1. The van der Waals surface area contributed by atoms with Crippen molar-refractivity contribution >= 4 is 12.0 Å². The Labute approximate surface area is 71.9 Å². The van der Waals surface area contributed by atoms with Crippen LogP contribution in [0.15, 0.2) is 30.8 Å². The number of carbonyl (C=O) groups is 1. The van der Waals surface area contributed by atoms with Crippen molar-refractivity contribution in [1.29, 1.82) is 0 Å². The second kappa shape index (κ2) is 3.72. The highest BCUT2D eigenvalue weighted by Crippen LogP contribution is 2.04. The molecule has 0 aliphatic rings. The Balaban J connectivity index is 2.91. The zero-order chi connectivity index (χ0) is 8.97. The quantitative estimate of drug-likeness (QED) is 0.702. The van der Waals surface area contributed by atoms with Crippen LogP contribution in [0.1, 0.15) is 15.9 Å². The van der Waals surface area contributed by atoms with Crippen LogP contribution in [0.3, 0.4) is 0 Å². The number of hydrogen-bond acceptors (Lipinski definition) is 1. The van der Waals surface area contributed by atoms with Gasteiger partial charge in [-0.1, -0.05) is 24.8 Å². The molecule has 0 saturated heterocycles. The van der Waals surface area contributed by atoms with Gasteiger partial charge >= 0.3 is 0 Å². The Morgan fingerprint density at radius 3 is 2.42 bits per heavy atom. The van der Waals surface area contributed by atoms with Gasteiger partial charge in [-0.2, -0.15) is 0 Å². The lowest BCUT2D eigenvalue weighted by Crippen LogP contribution is -2.17. The number of rotatable bonds is 2. The smallest absolute Gasteiger partial charge is 0.251 e. The molecular formula is C10H11NO. The molecule has 0 spiro atoms. The summed E-state index contributed by atoms with van der Waals surface area (Å²) in [6, 6.07) is 7.26. The van der Waals surface area contributed by atoms with Gasteiger partial charge in [0.15, 0.2) is 0 Å². The van der Waals surface area contributed by atoms with E-state index in [4.69, 9.17) is 0 Å². The van der Waals surface area contributed by atoms with Crippen molar-refractivity contribution < 1.29 is 4.79 Å². The fourth-order valence-electron chi connectivity index (χ4n) is 0.915. The molecule has 0 aliphatic carbocycles. The first-order chi connectivity index (χ1) is 5.77. The van der Waals surface area contributed by atoms with E-state index in [0.29, 0.717) is 5.56 Å². The third-order valence-electron chi connectivity index (χ3n) is 1.64. The summed E-state index contributed by atoms with van der Waals surface area (Å²) >= 11 is 0. The molecule has 0 aromatic heterocycles. The van der Waals surface area contributed by atoms with Gasteiger partial charge in [-0.3, -0.25) is 4.79 Å². The first-order valence-corrected chi connectivity index (χ1v) is 3.72. The molecule has 0 fully saturated rings. The maximum absolute atomic E-state index is 11.1. The minimum absolute atomic E-state index is 0.0642. The van der Waals surface area contributed by atoms with Gasteiger partial charge in [0.2, 0.25) is 0 Å². The largest absolute Gasteiger partial charge is 0.355 e. The lowest BCUT2D eigenvalue weighted by Gasteiger charge is -1.98. The van der Waals surface area contributed by atoms with Gasteiger partial charge in [-0.15, -0.1) is 0 Å². The van der Waals surface area contributed by atoms with Crippen molar-refractivity contribution in [3.8, 4) is 0 Å². The highest BCUT2D eigenvalue weighted by molar-refractivity contribution is 5.94. The first kappa shape index (κ1) is 8.53. The minimum Gasteiger partial charge on any atom is -0.355 e. The van der Waals surface area contributed by atoms with Crippen LogP contribution in [0.2, 0.25) is 0 Å². The molecule has 12 heavy (non-hydrogen) atoms. The summed E-state index contributed by atoms with van der Waals surface area (Å²) in [7, 11) is 1.61. The van der Waals surface area contributed by atoms with Gasteiger partial charge < -0.3 is 5.32 Å². The zero-order valence-corrected chi connectivity index (χ0v) is 7.00. The topological polar surface area (TPSA) is 29.1 Å². The van der Waals surface area contributed by atoms with Crippen molar-refractivity contribution in [2.75, 3.05) is 7.05 Å². The Hall–Kier alpha value is -1.57. The standard InChI is InChI=1S/C10H11NO/c1-3-8-4-6-9(7-5-8)10(12)11-2/h3-7H,1H2,2H3,(H,11,12). The molecule has 2 heteroatoms. The molecule has 1 aromatic carbocycles. The fourth-order valence-corrected chi connectivity index (χ4v) is 0.915. The van der Waals surface area contributed by atoms with Crippen LogP contribution in [0.4, 0.5) is 0 Å². The second-order valence-electron chi connectivity index (χ2n) is 2.41. The van der Waals surface area contributed by atoms with Crippen LogP contribution in [-0.2, 0) is 0 Å². The molecule has 1 rings (SSSR count). The highest BCUT2D eigenvalue weighted by Gasteiger charge is 1.99. The molecule has 1 aromatic rings. The van der Waals surface area contributed by atoms with Gasteiger partial charge in [0.05, 0.1) is 0 Å². The molecule has 0 saturated carbocycles. The molecule has 0 radical (unpaired) electrons. The van der Waals surface area contributed by atoms with Crippen LogP contribution >= 0.6 is 0 Å². The van der Waals surface area contributed by atoms with Gasteiger partial charge in [-0.05, 0) is 17.7 Å². The molecule has 0 heterocycles. The molecule has 0 bridgehead atoms. The predicted molar refractivity (Wildman–Crippen MR) is 49.9 cm³/mol. The third kappa shape index (κ3) is 1.72. The van der Waals surface area contributed by atoms with Crippen molar-refractivity contribution in [2.24, 2.45) is 0 Å². The number of hydrogen-bond donors (Lipinski definition) is 1. The Morgan fingerprint density at radius 1 is 1.42 bits per heavy atom. The Morgan fingerprint density at radius 2 is 2.00 bits per heavy atom. The number of nitrogens with one attached hydrogen (secondary N) is 1. The summed E-state index contributed by atoms with van der Waals surface area (Å²) in [4.78, 5) is 11.1. The predicted octanol–water partition coefficient (Wildman–Crippen LogP) is 1.69. The molecular weight excluding hydrogens is 150 g/mol. The summed E-state index contributed by atoms with van der Waals surface area (Å²) < 4.78 is 0. The summed E-state index contributed by atoms with van der Waals surface area (Å²) in [5.74, 6) is -0.0642. The summed E-state index contributed by atoms with van der Waals surface area (Å²) in [6.07, 6.45) is 1.74. The summed E-state index contributed by atoms with van der Waals surface area (Å²) in [6.45, 7) is 3.63. The van der Waals surface area contributed by atoms with Crippen LogP contribution in [0, 0.1) is 0 Å². The van der Waals surface area contributed by atoms with Crippen LogP contribution < -0.4 is 5.32 Å². The van der Waals surface area contributed by atoms with E-state index in [1.807, 2.05) is 12.1 Å². The van der Waals surface area contributed by atoms with E-state index in [1.165, 1.54) is 0 Å². The van der Waals surface area contributed by atoms with E-state index in [0.717, 1.165) is 5.56 Å². The molecule has 1 N–H and O–H groups in total. The number of benzene rings is 1. The molecule has 0 aliphatic heterocycles. The van der Waals surface area contributed by atoms with Gasteiger partial charge in [0.25, 0.3) is 5.91 Å². The third-order valence-corrected chi connectivity index (χ3v) is 1.64. The van der Waals surface area contributed by atoms with Gasteiger partial charge in [0.1, 0.15) is 0 Å². The maximum Gasteiger partial charge on any atom is 0.251 e. The van der Waals surface area contributed by atoms with E-state index in [-0.39, 0.29) is 5.91 Å². The van der Waals surface area contributed by atoms with Crippen LogP contribution in [-0.4, -0.2) is 13.0 Å². The van der Waals surface area contributed by atoms with Gasteiger partial charge in [0, 0.05) is 12.6 Å². The molecule has 0 unspecified atom stereocenters. The van der Waals surface area contributed by atoms with E-state index in [2.05, 4.69) is 11.9 Å². The number of amides is 1. The molecule has 1 amide bonds. The van der Waals surface area contributed by atoms with Crippen LogP contribution in [0.25, 0.3) is 6.08 Å². The fraction of sp³-hybridized carbons (Fsp3) is 0.100. The van der Waals surface area contributed by atoms with Crippen molar-refractivity contribution in [3.63, 3.8) is 0 Å². The normalized spacial score (nSPS) is 9.08. The SMILES string of the molecule is C=Cc1ccc(C(=O)NC)cc1. The highest BCUT2D eigenvalue weighted by atomic mass is 16.1. The summed E-state index contributed by atoms with van der Waals surface area (Å²) in [5.41, 5.74) is 1.69. The zero-order valence-electron chi connectivity index (χ0n) is 7.00. The molecule has 0 atom stereocenters. The average Bonchev–Trinajstić information content (AvgIpc) is 2.17. The van der Waals surface area contributed by atoms with E-state index >= 15 is 0 Å². The molecule has 2 nitrogen and oxygen atoms in total. The number of carbonyl (C=O) groups excluding carboxylic acids is 1.